The van der Waals surface area contributed by atoms with Crippen LogP contribution in [-0.4, -0.2) is 0 Å². The second kappa shape index (κ2) is 6.05. The van der Waals surface area contributed by atoms with Gasteiger partial charge in [-0.1, -0.05) is 27.5 Å². The molecule has 0 saturated heterocycles. The molecule has 0 aliphatic carbocycles. The molecule has 2 rings (SSSR count). The smallest absolute Gasteiger partial charge is 0.124 e. The van der Waals surface area contributed by atoms with E-state index in [-0.39, 0.29) is 5.82 Å². The van der Waals surface area contributed by atoms with Gasteiger partial charge in [-0.15, -0.1) is 0 Å². The van der Waals surface area contributed by atoms with Gasteiger partial charge in [-0.3, -0.25) is 0 Å². The van der Waals surface area contributed by atoms with Crippen molar-refractivity contribution in [1.29, 1.82) is 5.26 Å². The summed E-state index contributed by atoms with van der Waals surface area (Å²) in [7, 11) is 0. The Hall–Kier alpha value is -1.57. The fraction of sp³-hybridized carbons (Fsp3) is 0.0714. The van der Waals surface area contributed by atoms with Gasteiger partial charge in [-0.2, -0.15) is 5.26 Å². The number of benzene rings is 2. The number of nitrogens with one attached hydrogen (secondary N) is 1. The molecular weight excluding hydrogens is 331 g/mol. The van der Waals surface area contributed by atoms with Gasteiger partial charge in [0.2, 0.25) is 0 Å². The lowest BCUT2D eigenvalue weighted by Gasteiger charge is -2.09. The summed E-state index contributed by atoms with van der Waals surface area (Å²) >= 11 is 9.27. The summed E-state index contributed by atoms with van der Waals surface area (Å²) < 4.78 is 13.9. The van der Waals surface area contributed by atoms with Gasteiger partial charge in [-0.25, -0.2) is 4.39 Å². The third-order valence-electron chi connectivity index (χ3n) is 2.50. The number of nitriles is 1. The first kappa shape index (κ1) is 13.9. The summed E-state index contributed by atoms with van der Waals surface area (Å²) in [5.41, 5.74) is 1.96. The van der Waals surface area contributed by atoms with Crippen LogP contribution in [0.15, 0.2) is 40.9 Å². The van der Waals surface area contributed by atoms with E-state index in [4.69, 9.17) is 16.9 Å². The van der Waals surface area contributed by atoms with Crippen molar-refractivity contribution in [2.24, 2.45) is 0 Å². The summed E-state index contributed by atoms with van der Waals surface area (Å²) in [6, 6.07) is 11.7. The van der Waals surface area contributed by atoms with Gasteiger partial charge >= 0.3 is 0 Å². The maximum atomic E-state index is 13.2. The highest BCUT2D eigenvalue weighted by molar-refractivity contribution is 9.10. The molecule has 5 heteroatoms. The Morgan fingerprint density at radius 3 is 2.74 bits per heavy atom. The highest BCUT2D eigenvalue weighted by Gasteiger charge is 2.03. The van der Waals surface area contributed by atoms with Crippen LogP contribution in [0.25, 0.3) is 0 Å². The van der Waals surface area contributed by atoms with Crippen LogP contribution in [0.4, 0.5) is 10.1 Å². The third-order valence-corrected chi connectivity index (χ3v) is 3.29. The number of nitrogens with zero attached hydrogens (tertiary/aromatic N) is 1. The SMILES string of the molecule is N#Cc1ccc(Cl)c(NCc2cc(F)cc(Br)c2)c1. The van der Waals surface area contributed by atoms with E-state index in [1.54, 1.807) is 18.2 Å². The van der Waals surface area contributed by atoms with Crippen LogP contribution < -0.4 is 5.32 Å². The normalized spacial score (nSPS) is 10.0. The molecule has 2 aromatic carbocycles. The van der Waals surface area contributed by atoms with E-state index in [0.717, 1.165) is 5.56 Å². The Bertz CT molecular complexity index is 632. The first-order valence-corrected chi connectivity index (χ1v) is 6.64. The molecule has 0 bridgehead atoms. The lowest BCUT2D eigenvalue weighted by molar-refractivity contribution is 0.625. The van der Waals surface area contributed by atoms with Gasteiger partial charge in [0.05, 0.1) is 22.3 Å². The van der Waals surface area contributed by atoms with Crippen molar-refractivity contribution in [3.8, 4) is 6.07 Å². The van der Waals surface area contributed by atoms with Crippen molar-refractivity contribution in [1.82, 2.24) is 0 Å². The number of halogens is 3. The van der Waals surface area contributed by atoms with Crippen molar-refractivity contribution >= 4 is 33.2 Å². The predicted molar refractivity (Wildman–Crippen MR) is 77.6 cm³/mol. The predicted octanol–water partition coefficient (Wildman–Crippen LogP) is 4.73. The Morgan fingerprint density at radius 1 is 1.26 bits per heavy atom. The molecule has 0 radical (unpaired) electrons. The third kappa shape index (κ3) is 3.69. The van der Waals surface area contributed by atoms with Crippen molar-refractivity contribution in [2.75, 3.05) is 5.32 Å². The van der Waals surface area contributed by atoms with Crippen LogP contribution in [0, 0.1) is 17.1 Å². The van der Waals surface area contributed by atoms with E-state index >= 15 is 0 Å². The minimum atomic E-state index is -0.303. The van der Waals surface area contributed by atoms with Gasteiger partial charge in [0.15, 0.2) is 0 Å². The van der Waals surface area contributed by atoms with Crippen LogP contribution >= 0.6 is 27.5 Å². The van der Waals surface area contributed by atoms with E-state index in [1.807, 2.05) is 12.1 Å². The number of rotatable bonds is 3. The minimum Gasteiger partial charge on any atom is -0.380 e. The topological polar surface area (TPSA) is 35.8 Å². The van der Waals surface area contributed by atoms with E-state index in [1.165, 1.54) is 12.1 Å². The van der Waals surface area contributed by atoms with E-state index in [0.29, 0.717) is 27.3 Å². The molecule has 0 aliphatic rings. The van der Waals surface area contributed by atoms with Gasteiger partial charge in [-0.05, 0) is 42.0 Å². The first-order valence-electron chi connectivity index (χ1n) is 5.47. The standard InChI is InChI=1S/C14H9BrClFN2/c15-11-3-10(4-12(17)6-11)8-19-14-5-9(7-18)1-2-13(14)16/h1-6,19H,8H2. The zero-order chi connectivity index (χ0) is 13.8. The van der Waals surface area contributed by atoms with Crippen molar-refractivity contribution in [2.45, 2.75) is 6.54 Å². The molecule has 2 aromatic rings. The van der Waals surface area contributed by atoms with Gasteiger partial charge in [0.1, 0.15) is 5.82 Å². The molecule has 1 N–H and O–H groups in total. The molecule has 0 atom stereocenters. The minimum absolute atomic E-state index is 0.303. The Labute approximate surface area is 123 Å². The van der Waals surface area contributed by atoms with Crippen molar-refractivity contribution < 1.29 is 4.39 Å². The molecule has 96 valence electrons. The zero-order valence-electron chi connectivity index (χ0n) is 9.75. The molecule has 2 nitrogen and oxygen atoms in total. The number of anilines is 1. The first-order chi connectivity index (χ1) is 9.08. The Balaban J connectivity index is 2.16. The molecule has 0 fully saturated rings. The summed E-state index contributed by atoms with van der Waals surface area (Å²) in [5, 5.41) is 12.4. The van der Waals surface area contributed by atoms with Crippen LogP contribution in [0.3, 0.4) is 0 Å². The summed E-state index contributed by atoms with van der Waals surface area (Å²) in [6.07, 6.45) is 0. The number of hydrogen-bond acceptors (Lipinski definition) is 2. The maximum Gasteiger partial charge on any atom is 0.124 e. The monoisotopic (exact) mass is 338 g/mol. The molecule has 0 amide bonds. The van der Waals surface area contributed by atoms with E-state index < -0.39 is 0 Å². The molecule has 0 heterocycles. The van der Waals surface area contributed by atoms with Crippen molar-refractivity contribution in [3.05, 3.63) is 62.8 Å². The summed E-state index contributed by atoms with van der Waals surface area (Å²) in [4.78, 5) is 0. The second-order valence-electron chi connectivity index (χ2n) is 3.94. The molecule has 19 heavy (non-hydrogen) atoms. The lowest BCUT2D eigenvalue weighted by atomic mass is 10.2. The average Bonchev–Trinajstić information content (AvgIpc) is 2.37. The number of hydrogen-bond donors (Lipinski definition) is 1. The van der Waals surface area contributed by atoms with E-state index in [9.17, 15) is 4.39 Å². The van der Waals surface area contributed by atoms with Crippen LogP contribution in [0.1, 0.15) is 11.1 Å². The summed E-state index contributed by atoms with van der Waals surface area (Å²) in [6.45, 7) is 0.422. The average molecular weight is 340 g/mol. The second-order valence-corrected chi connectivity index (χ2v) is 5.26. The van der Waals surface area contributed by atoms with Gasteiger partial charge in [0.25, 0.3) is 0 Å². The fourth-order valence-electron chi connectivity index (χ4n) is 1.64. The highest BCUT2D eigenvalue weighted by atomic mass is 79.9. The molecular formula is C14H9BrClFN2. The van der Waals surface area contributed by atoms with Gasteiger partial charge < -0.3 is 5.32 Å². The zero-order valence-corrected chi connectivity index (χ0v) is 12.1. The van der Waals surface area contributed by atoms with Crippen LogP contribution in [-0.2, 0) is 6.54 Å². The molecule has 0 spiro atoms. The Morgan fingerprint density at radius 2 is 2.05 bits per heavy atom. The van der Waals surface area contributed by atoms with Gasteiger partial charge in [0, 0.05) is 11.0 Å². The quantitative estimate of drug-likeness (QED) is 0.878. The highest BCUT2D eigenvalue weighted by Crippen LogP contribution is 2.24. The lowest BCUT2D eigenvalue weighted by Crippen LogP contribution is -2.01. The van der Waals surface area contributed by atoms with Crippen LogP contribution in [0.5, 0.6) is 0 Å². The molecule has 0 aromatic heterocycles. The van der Waals surface area contributed by atoms with Crippen LogP contribution in [0.2, 0.25) is 5.02 Å². The largest absolute Gasteiger partial charge is 0.380 e. The maximum absolute atomic E-state index is 13.2. The molecule has 0 aliphatic heterocycles. The van der Waals surface area contributed by atoms with Crippen molar-refractivity contribution in [3.63, 3.8) is 0 Å². The molecule has 0 unspecified atom stereocenters. The summed E-state index contributed by atoms with van der Waals surface area (Å²) in [5.74, 6) is -0.303. The Kier molecular flexibility index (Phi) is 4.41. The fourth-order valence-corrected chi connectivity index (χ4v) is 2.34. The molecule has 0 saturated carbocycles. The van der Waals surface area contributed by atoms with E-state index in [2.05, 4.69) is 21.2 Å².